The molecule has 0 fully saturated rings. The van der Waals surface area contributed by atoms with Crippen molar-refractivity contribution in [3.8, 4) is 5.75 Å². The van der Waals surface area contributed by atoms with E-state index in [0.717, 1.165) is 0 Å². The summed E-state index contributed by atoms with van der Waals surface area (Å²) in [5.74, 6) is -1.30. The number of fused-ring (bicyclic) bond motifs is 1. The minimum absolute atomic E-state index is 0.0149. The number of halogens is 1. The molecule has 1 aliphatic rings. The van der Waals surface area contributed by atoms with Gasteiger partial charge in [0.1, 0.15) is 5.75 Å². The Morgan fingerprint density at radius 2 is 1.56 bits per heavy atom. The molecule has 25 heavy (non-hydrogen) atoms. The molecule has 2 aromatic carbocycles. The van der Waals surface area contributed by atoms with E-state index in [2.05, 4.69) is 0 Å². The number of hydroxylamine groups is 2. The highest BCUT2D eigenvalue weighted by Crippen LogP contribution is 2.23. The Labute approximate surface area is 148 Å². The van der Waals surface area contributed by atoms with Crippen LogP contribution in [-0.2, 0) is 9.63 Å². The van der Waals surface area contributed by atoms with Gasteiger partial charge in [0.25, 0.3) is 11.8 Å². The summed E-state index contributed by atoms with van der Waals surface area (Å²) in [6.45, 7) is 0.291. The molecule has 0 unspecified atom stereocenters. The summed E-state index contributed by atoms with van der Waals surface area (Å²) in [6, 6.07) is 13.2. The van der Waals surface area contributed by atoms with Crippen LogP contribution in [0.25, 0.3) is 0 Å². The molecule has 0 saturated heterocycles. The van der Waals surface area contributed by atoms with Crippen molar-refractivity contribution in [2.24, 2.45) is 0 Å². The molecule has 0 spiro atoms. The maximum atomic E-state index is 12.1. The molecule has 128 valence electrons. The first-order valence-corrected chi connectivity index (χ1v) is 8.01. The van der Waals surface area contributed by atoms with E-state index in [1.165, 1.54) is 12.1 Å². The summed E-state index contributed by atoms with van der Waals surface area (Å²) in [4.78, 5) is 40.9. The van der Waals surface area contributed by atoms with Crippen LogP contribution >= 0.6 is 11.6 Å². The summed E-state index contributed by atoms with van der Waals surface area (Å²) < 4.78 is 5.46. The van der Waals surface area contributed by atoms with Gasteiger partial charge >= 0.3 is 5.97 Å². The smallest absolute Gasteiger partial charge is 0.333 e. The topological polar surface area (TPSA) is 72.9 Å². The average molecular weight is 360 g/mol. The minimum Gasteiger partial charge on any atom is -0.494 e. The lowest BCUT2D eigenvalue weighted by Crippen LogP contribution is -2.32. The van der Waals surface area contributed by atoms with Crippen LogP contribution in [0, 0.1) is 0 Å². The molecule has 1 aliphatic heterocycles. The zero-order chi connectivity index (χ0) is 17.8. The van der Waals surface area contributed by atoms with Gasteiger partial charge in [0.2, 0.25) is 0 Å². The summed E-state index contributed by atoms with van der Waals surface area (Å²) in [7, 11) is 0. The lowest BCUT2D eigenvalue weighted by molar-refractivity contribution is -0.168. The third-order valence-corrected chi connectivity index (χ3v) is 3.81. The van der Waals surface area contributed by atoms with Crippen molar-refractivity contribution in [2.45, 2.75) is 12.8 Å². The molecule has 0 atom stereocenters. The fraction of sp³-hybridized carbons (Fsp3) is 0.167. The number of imide groups is 1. The molecule has 7 heteroatoms. The van der Waals surface area contributed by atoms with E-state index in [1.807, 2.05) is 0 Å². The number of nitrogens with zero attached hydrogens (tertiary/aromatic N) is 1. The van der Waals surface area contributed by atoms with Gasteiger partial charge in [-0.2, -0.15) is 0 Å². The second-order valence-electron chi connectivity index (χ2n) is 5.32. The molecule has 0 aliphatic carbocycles. The predicted octanol–water partition coefficient (Wildman–Crippen LogP) is 3.25. The highest BCUT2D eigenvalue weighted by molar-refractivity contribution is 6.30. The van der Waals surface area contributed by atoms with E-state index >= 15 is 0 Å². The van der Waals surface area contributed by atoms with Crippen molar-refractivity contribution in [1.29, 1.82) is 0 Å². The molecule has 1 heterocycles. The summed E-state index contributed by atoms with van der Waals surface area (Å²) in [5, 5.41) is 1.12. The molecule has 6 nitrogen and oxygen atoms in total. The van der Waals surface area contributed by atoms with E-state index in [-0.39, 0.29) is 17.5 Å². The average Bonchev–Trinajstić information content (AvgIpc) is 2.86. The van der Waals surface area contributed by atoms with Crippen molar-refractivity contribution in [2.75, 3.05) is 6.61 Å². The van der Waals surface area contributed by atoms with E-state index in [0.29, 0.717) is 28.9 Å². The van der Waals surface area contributed by atoms with Crippen LogP contribution in [0.1, 0.15) is 33.6 Å². The molecule has 0 bridgehead atoms. The van der Waals surface area contributed by atoms with Gasteiger partial charge in [-0.05, 0) is 42.8 Å². The van der Waals surface area contributed by atoms with Gasteiger partial charge in [0.05, 0.1) is 24.2 Å². The fourth-order valence-corrected chi connectivity index (χ4v) is 2.46. The molecule has 0 N–H and O–H groups in total. The van der Waals surface area contributed by atoms with Crippen molar-refractivity contribution in [1.82, 2.24) is 5.06 Å². The van der Waals surface area contributed by atoms with Crippen molar-refractivity contribution < 1.29 is 24.0 Å². The minimum atomic E-state index is -0.672. The molecule has 3 rings (SSSR count). The van der Waals surface area contributed by atoms with E-state index in [1.54, 1.807) is 36.4 Å². The van der Waals surface area contributed by atoms with Crippen molar-refractivity contribution in [3.63, 3.8) is 0 Å². The SMILES string of the molecule is O=C(CCCOc1ccc(Cl)cc1)ON1C(=O)c2ccccc2C1=O. The number of carbonyl (C=O) groups is 3. The van der Waals surface area contributed by atoms with Crippen LogP contribution in [0.5, 0.6) is 5.75 Å². The fourth-order valence-electron chi connectivity index (χ4n) is 2.33. The summed E-state index contributed by atoms with van der Waals surface area (Å²) in [6.07, 6.45) is 0.394. The first kappa shape index (κ1) is 17.0. The van der Waals surface area contributed by atoms with Gasteiger partial charge in [-0.3, -0.25) is 9.59 Å². The van der Waals surface area contributed by atoms with Gasteiger partial charge in [-0.15, -0.1) is 0 Å². The molecule has 0 saturated carbocycles. The van der Waals surface area contributed by atoms with Crippen molar-refractivity contribution in [3.05, 3.63) is 64.7 Å². The lowest BCUT2D eigenvalue weighted by Gasteiger charge is -2.12. The monoisotopic (exact) mass is 359 g/mol. The normalized spacial score (nSPS) is 12.9. The molecular formula is C18H14ClNO5. The molecule has 0 radical (unpaired) electrons. The Morgan fingerprint density at radius 1 is 0.960 bits per heavy atom. The highest BCUT2D eigenvalue weighted by Gasteiger charge is 2.38. The van der Waals surface area contributed by atoms with E-state index in [9.17, 15) is 14.4 Å². The van der Waals surface area contributed by atoms with Crippen LogP contribution in [0.15, 0.2) is 48.5 Å². The Bertz CT molecular complexity index is 783. The Kier molecular flexibility index (Phi) is 5.00. The third kappa shape index (κ3) is 3.80. The second kappa shape index (κ2) is 7.36. The summed E-state index contributed by atoms with van der Waals surface area (Å²) >= 11 is 5.78. The van der Waals surface area contributed by atoms with E-state index < -0.39 is 17.8 Å². The van der Waals surface area contributed by atoms with Gasteiger partial charge < -0.3 is 9.57 Å². The Morgan fingerprint density at radius 3 is 2.16 bits per heavy atom. The Balaban J connectivity index is 1.46. The maximum absolute atomic E-state index is 12.1. The zero-order valence-electron chi connectivity index (χ0n) is 13.1. The zero-order valence-corrected chi connectivity index (χ0v) is 13.9. The van der Waals surface area contributed by atoms with Crippen LogP contribution < -0.4 is 4.74 Å². The Hall–Kier alpha value is -2.86. The van der Waals surface area contributed by atoms with Crippen molar-refractivity contribution >= 4 is 29.4 Å². The number of hydrogen-bond acceptors (Lipinski definition) is 5. The van der Waals surface area contributed by atoms with Crippen LogP contribution in [-0.4, -0.2) is 29.5 Å². The first-order valence-electron chi connectivity index (χ1n) is 7.63. The van der Waals surface area contributed by atoms with Gasteiger partial charge in [-0.25, -0.2) is 4.79 Å². The molecule has 2 amide bonds. The van der Waals surface area contributed by atoms with Gasteiger partial charge in [0, 0.05) is 5.02 Å². The summed E-state index contributed by atoms with van der Waals surface area (Å²) in [5.41, 5.74) is 0.456. The van der Waals surface area contributed by atoms with Crippen LogP contribution in [0.3, 0.4) is 0 Å². The first-order chi connectivity index (χ1) is 12.1. The number of ether oxygens (including phenoxy) is 1. The molecular weight excluding hydrogens is 346 g/mol. The number of rotatable bonds is 6. The van der Waals surface area contributed by atoms with Gasteiger partial charge in [-0.1, -0.05) is 28.8 Å². The van der Waals surface area contributed by atoms with Crippen LogP contribution in [0.2, 0.25) is 5.02 Å². The number of amides is 2. The van der Waals surface area contributed by atoms with E-state index in [4.69, 9.17) is 21.2 Å². The maximum Gasteiger partial charge on any atom is 0.333 e. The second-order valence-corrected chi connectivity index (χ2v) is 5.76. The third-order valence-electron chi connectivity index (χ3n) is 3.56. The number of carbonyl (C=O) groups excluding carboxylic acids is 3. The largest absolute Gasteiger partial charge is 0.494 e. The number of benzene rings is 2. The highest BCUT2D eigenvalue weighted by atomic mass is 35.5. The quantitative estimate of drug-likeness (QED) is 0.584. The lowest BCUT2D eigenvalue weighted by atomic mass is 10.1. The van der Waals surface area contributed by atoms with Crippen LogP contribution in [0.4, 0.5) is 0 Å². The predicted molar refractivity (Wildman–Crippen MR) is 89.2 cm³/mol. The standard InChI is InChI=1S/C18H14ClNO5/c19-12-7-9-13(10-8-12)24-11-3-6-16(21)25-20-17(22)14-4-1-2-5-15(14)18(20)23/h1-2,4-5,7-10H,3,6,11H2. The van der Waals surface area contributed by atoms with Gasteiger partial charge in [0.15, 0.2) is 0 Å². The number of hydrogen-bond donors (Lipinski definition) is 0. The molecule has 0 aromatic heterocycles. The molecule has 2 aromatic rings.